The van der Waals surface area contributed by atoms with Gasteiger partial charge in [-0.1, -0.05) is 30.3 Å². The average molecular weight is 224 g/mol. The highest BCUT2D eigenvalue weighted by atomic mass is 16.3. The fourth-order valence-corrected chi connectivity index (χ4v) is 2.10. The van der Waals surface area contributed by atoms with Crippen LogP contribution < -0.4 is 0 Å². The van der Waals surface area contributed by atoms with Crippen LogP contribution in [0.4, 0.5) is 0 Å². The lowest BCUT2D eigenvalue weighted by Gasteiger charge is -2.03. The first kappa shape index (κ1) is 9.97. The molecule has 0 amide bonds. The van der Waals surface area contributed by atoms with Gasteiger partial charge in [0, 0.05) is 0 Å². The molecular weight excluding hydrogens is 212 g/mol. The van der Waals surface area contributed by atoms with Crippen LogP contribution in [0.1, 0.15) is 5.56 Å². The largest absolute Gasteiger partial charge is 0.507 e. The molecule has 0 saturated heterocycles. The van der Waals surface area contributed by atoms with Gasteiger partial charge in [-0.25, -0.2) is 0 Å². The molecule has 0 aliphatic carbocycles. The van der Waals surface area contributed by atoms with E-state index in [1.54, 1.807) is 12.3 Å². The van der Waals surface area contributed by atoms with Gasteiger partial charge >= 0.3 is 0 Å². The Labute approximate surface area is 99.1 Å². The van der Waals surface area contributed by atoms with E-state index in [2.05, 4.69) is 0 Å². The van der Waals surface area contributed by atoms with Gasteiger partial charge in [0.05, 0.1) is 11.6 Å². The Morgan fingerprint density at radius 2 is 1.76 bits per heavy atom. The first-order chi connectivity index (χ1) is 8.25. The molecule has 0 radical (unpaired) electrons. The van der Waals surface area contributed by atoms with E-state index >= 15 is 0 Å². The molecular formula is C15H12O2. The van der Waals surface area contributed by atoms with Crippen molar-refractivity contribution < 1.29 is 9.52 Å². The zero-order chi connectivity index (χ0) is 11.8. The maximum absolute atomic E-state index is 10.0. The molecule has 84 valence electrons. The predicted molar refractivity (Wildman–Crippen MR) is 68.1 cm³/mol. The summed E-state index contributed by atoms with van der Waals surface area (Å²) >= 11 is 0. The van der Waals surface area contributed by atoms with Crippen molar-refractivity contribution in [3.8, 4) is 16.9 Å². The van der Waals surface area contributed by atoms with E-state index in [0.717, 1.165) is 27.7 Å². The normalized spacial score (nSPS) is 10.9. The molecule has 0 saturated carbocycles. The van der Waals surface area contributed by atoms with Gasteiger partial charge in [-0.2, -0.15) is 0 Å². The summed E-state index contributed by atoms with van der Waals surface area (Å²) in [6, 6.07) is 13.7. The summed E-state index contributed by atoms with van der Waals surface area (Å²) in [7, 11) is 0. The van der Waals surface area contributed by atoms with E-state index in [1.165, 1.54) is 0 Å². The van der Waals surface area contributed by atoms with Gasteiger partial charge in [-0.15, -0.1) is 0 Å². The molecule has 0 spiro atoms. The average Bonchev–Trinajstić information content (AvgIpc) is 2.73. The number of rotatable bonds is 1. The summed E-state index contributed by atoms with van der Waals surface area (Å²) in [4.78, 5) is 0. The molecule has 1 aromatic heterocycles. The Morgan fingerprint density at radius 1 is 1.00 bits per heavy atom. The third-order valence-corrected chi connectivity index (χ3v) is 2.95. The van der Waals surface area contributed by atoms with Gasteiger partial charge in [0.15, 0.2) is 0 Å². The quantitative estimate of drug-likeness (QED) is 0.674. The van der Waals surface area contributed by atoms with E-state index in [9.17, 15) is 5.11 Å². The molecule has 0 bridgehead atoms. The van der Waals surface area contributed by atoms with E-state index in [-0.39, 0.29) is 5.75 Å². The molecule has 1 heterocycles. The Morgan fingerprint density at radius 3 is 2.53 bits per heavy atom. The summed E-state index contributed by atoms with van der Waals surface area (Å²) in [5.41, 5.74) is 3.71. The van der Waals surface area contributed by atoms with Crippen LogP contribution in [0.2, 0.25) is 0 Å². The summed E-state index contributed by atoms with van der Waals surface area (Å²) in [6.45, 7) is 1.92. The highest BCUT2D eigenvalue weighted by molar-refractivity contribution is 5.91. The monoisotopic (exact) mass is 224 g/mol. The van der Waals surface area contributed by atoms with Gasteiger partial charge in [-0.05, 0) is 35.7 Å². The third kappa shape index (κ3) is 1.58. The first-order valence-corrected chi connectivity index (χ1v) is 5.52. The molecule has 2 nitrogen and oxygen atoms in total. The Hall–Kier alpha value is -2.22. The van der Waals surface area contributed by atoms with E-state index in [1.807, 2.05) is 43.3 Å². The van der Waals surface area contributed by atoms with Crippen LogP contribution >= 0.6 is 0 Å². The van der Waals surface area contributed by atoms with Crippen molar-refractivity contribution in [2.45, 2.75) is 6.92 Å². The van der Waals surface area contributed by atoms with Crippen LogP contribution in [-0.4, -0.2) is 5.11 Å². The van der Waals surface area contributed by atoms with Crippen LogP contribution in [0.3, 0.4) is 0 Å². The topological polar surface area (TPSA) is 33.4 Å². The summed E-state index contributed by atoms with van der Waals surface area (Å²) < 4.78 is 5.43. The predicted octanol–water partition coefficient (Wildman–Crippen LogP) is 4.11. The van der Waals surface area contributed by atoms with Crippen molar-refractivity contribution in [2.24, 2.45) is 0 Å². The van der Waals surface area contributed by atoms with Gasteiger partial charge < -0.3 is 9.52 Å². The number of benzene rings is 2. The van der Waals surface area contributed by atoms with Crippen molar-refractivity contribution in [3.05, 3.63) is 54.3 Å². The Bertz CT molecular complexity index is 666. The number of phenols is 1. The Balaban J connectivity index is 2.26. The highest BCUT2D eigenvalue weighted by Gasteiger charge is 2.09. The lowest BCUT2D eigenvalue weighted by atomic mass is 10.0. The molecule has 0 atom stereocenters. The second-order valence-electron chi connectivity index (χ2n) is 4.15. The zero-order valence-electron chi connectivity index (χ0n) is 9.47. The molecule has 3 aromatic rings. The van der Waals surface area contributed by atoms with Crippen LogP contribution in [0, 0.1) is 6.92 Å². The van der Waals surface area contributed by atoms with Gasteiger partial charge in [0.1, 0.15) is 11.3 Å². The molecule has 1 N–H and O–H groups in total. The fourth-order valence-electron chi connectivity index (χ4n) is 2.10. The van der Waals surface area contributed by atoms with Crippen LogP contribution in [0.15, 0.2) is 53.1 Å². The highest BCUT2D eigenvalue weighted by Crippen LogP contribution is 2.34. The second-order valence-corrected chi connectivity index (χ2v) is 4.15. The molecule has 0 unspecified atom stereocenters. The molecule has 17 heavy (non-hydrogen) atoms. The van der Waals surface area contributed by atoms with Crippen LogP contribution in [-0.2, 0) is 0 Å². The van der Waals surface area contributed by atoms with Crippen molar-refractivity contribution in [1.82, 2.24) is 0 Å². The molecule has 2 heteroatoms. The number of hydrogen-bond acceptors (Lipinski definition) is 2. The lowest BCUT2D eigenvalue weighted by Crippen LogP contribution is -1.78. The summed E-state index contributed by atoms with van der Waals surface area (Å²) in [6.07, 6.45) is 1.67. The number of fused-ring (bicyclic) bond motifs is 1. The molecule has 2 aromatic carbocycles. The van der Waals surface area contributed by atoms with Crippen molar-refractivity contribution in [1.29, 1.82) is 0 Å². The molecule has 0 fully saturated rings. The van der Waals surface area contributed by atoms with Gasteiger partial charge in [0.2, 0.25) is 0 Å². The van der Waals surface area contributed by atoms with Crippen molar-refractivity contribution in [3.63, 3.8) is 0 Å². The first-order valence-electron chi connectivity index (χ1n) is 5.52. The van der Waals surface area contributed by atoms with Gasteiger partial charge in [0.25, 0.3) is 0 Å². The van der Waals surface area contributed by atoms with Crippen LogP contribution in [0.25, 0.3) is 22.1 Å². The summed E-state index contributed by atoms with van der Waals surface area (Å²) in [5, 5.41) is 10.8. The van der Waals surface area contributed by atoms with E-state index in [0.29, 0.717) is 0 Å². The number of aryl methyl sites for hydroxylation is 1. The van der Waals surface area contributed by atoms with E-state index in [4.69, 9.17) is 4.42 Å². The zero-order valence-corrected chi connectivity index (χ0v) is 9.47. The SMILES string of the molecule is Cc1coc2cc(-c3ccccc3)cc(O)c12. The minimum Gasteiger partial charge on any atom is -0.507 e. The standard InChI is InChI=1S/C15H12O2/c1-10-9-17-14-8-12(7-13(16)15(10)14)11-5-3-2-4-6-11/h2-9,16H,1H3. The maximum Gasteiger partial charge on any atom is 0.138 e. The summed E-state index contributed by atoms with van der Waals surface area (Å²) in [5.74, 6) is 0.271. The number of furan rings is 1. The molecule has 0 aliphatic heterocycles. The Kier molecular flexibility index (Phi) is 2.15. The fraction of sp³-hybridized carbons (Fsp3) is 0.0667. The molecule has 3 rings (SSSR count). The number of phenolic OH excluding ortho intramolecular Hbond substituents is 1. The minimum atomic E-state index is 0.271. The lowest BCUT2D eigenvalue weighted by molar-refractivity contribution is 0.481. The minimum absolute atomic E-state index is 0.271. The molecule has 0 aliphatic rings. The second kappa shape index (κ2) is 3.67. The van der Waals surface area contributed by atoms with E-state index < -0.39 is 0 Å². The van der Waals surface area contributed by atoms with Gasteiger partial charge in [-0.3, -0.25) is 0 Å². The maximum atomic E-state index is 10.0. The smallest absolute Gasteiger partial charge is 0.138 e. The van der Waals surface area contributed by atoms with Crippen molar-refractivity contribution >= 4 is 11.0 Å². The number of hydrogen-bond donors (Lipinski definition) is 1. The number of aromatic hydroxyl groups is 1. The van der Waals surface area contributed by atoms with Crippen molar-refractivity contribution in [2.75, 3.05) is 0 Å². The third-order valence-electron chi connectivity index (χ3n) is 2.95. The van der Waals surface area contributed by atoms with Crippen LogP contribution in [0.5, 0.6) is 5.75 Å².